The molecule has 0 saturated heterocycles. The molecule has 0 aliphatic carbocycles. The molecule has 0 radical (unpaired) electrons. The first-order valence-corrected chi connectivity index (χ1v) is 6.67. The Morgan fingerprint density at radius 2 is 1.93 bits per heavy atom. The van der Waals surface area contributed by atoms with Crippen LogP contribution >= 0.6 is 0 Å². The molecule has 0 aliphatic rings. The third kappa shape index (κ3) is 2.82. The van der Waals surface area contributed by atoms with Gasteiger partial charge in [0.05, 0.1) is 0 Å². The third-order valence-corrected chi connectivity index (χ3v) is 3.91. The maximum absolute atomic E-state index is 11.6. The van der Waals surface area contributed by atoms with Gasteiger partial charge in [-0.1, -0.05) is 0 Å². The van der Waals surface area contributed by atoms with Crippen LogP contribution in [0, 0.1) is 0 Å². The molecule has 0 fully saturated rings. The second kappa shape index (κ2) is 4.96. The summed E-state index contributed by atoms with van der Waals surface area (Å²) in [6, 6.07) is 13.5. The van der Waals surface area contributed by atoms with Crippen molar-refractivity contribution < 1.29 is 9.21 Å². The van der Waals surface area contributed by atoms with Crippen LogP contribution in [0.25, 0.3) is 0 Å². The van der Waals surface area contributed by atoms with Crippen LogP contribution in [0.4, 0.5) is 0 Å². The molecule has 2 rings (SSSR count). The Kier molecular flexibility index (Phi) is 3.38. The van der Waals surface area contributed by atoms with Gasteiger partial charge in [0.1, 0.15) is 0 Å². The van der Waals surface area contributed by atoms with E-state index in [0.29, 0.717) is 5.76 Å². The standard InChI is InChI=1S/C12H10O2Se/c13-12(11-7-4-8-14-11)15-9-10-5-2-1-3-6-10/h1-8H,9H2. The summed E-state index contributed by atoms with van der Waals surface area (Å²) in [5, 5.41) is 0.827. The predicted molar refractivity (Wildman–Crippen MR) is 58.9 cm³/mol. The average Bonchev–Trinajstić information content (AvgIpc) is 2.81. The van der Waals surface area contributed by atoms with Crippen molar-refractivity contribution >= 4 is 19.6 Å². The van der Waals surface area contributed by atoms with Crippen molar-refractivity contribution in [2.24, 2.45) is 0 Å². The minimum atomic E-state index is -0.0702. The van der Waals surface area contributed by atoms with Crippen molar-refractivity contribution in [3.63, 3.8) is 0 Å². The van der Waals surface area contributed by atoms with Gasteiger partial charge in [-0.2, -0.15) is 0 Å². The molecule has 3 heteroatoms. The summed E-state index contributed by atoms with van der Waals surface area (Å²) in [5.41, 5.74) is 1.21. The van der Waals surface area contributed by atoms with Crippen LogP contribution in [0.5, 0.6) is 0 Å². The molecule has 2 nitrogen and oxygen atoms in total. The van der Waals surface area contributed by atoms with Crippen molar-refractivity contribution in [3.8, 4) is 0 Å². The van der Waals surface area contributed by atoms with Crippen LogP contribution in [0.1, 0.15) is 16.1 Å². The number of carbonyl (C=O) groups excluding carboxylic acids is 1. The Labute approximate surface area is 94.5 Å². The van der Waals surface area contributed by atoms with Gasteiger partial charge in [0.2, 0.25) is 0 Å². The van der Waals surface area contributed by atoms with Gasteiger partial charge in [-0.05, 0) is 0 Å². The molecule has 1 aromatic heterocycles. The van der Waals surface area contributed by atoms with Crippen LogP contribution in [0.15, 0.2) is 53.1 Å². The molecule has 0 unspecified atom stereocenters. The van der Waals surface area contributed by atoms with E-state index in [-0.39, 0.29) is 19.6 Å². The zero-order chi connectivity index (χ0) is 10.5. The third-order valence-electron chi connectivity index (χ3n) is 1.94. The summed E-state index contributed by atoms with van der Waals surface area (Å²) in [6.45, 7) is 0. The molecule has 1 aromatic carbocycles. The van der Waals surface area contributed by atoms with Gasteiger partial charge < -0.3 is 0 Å². The van der Waals surface area contributed by atoms with Crippen molar-refractivity contribution in [1.29, 1.82) is 0 Å². The Hall–Kier alpha value is -1.31. The van der Waals surface area contributed by atoms with E-state index >= 15 is 0 Å². The summed E-state index contributed by atoms with van der Waals surface area (Å²) < 4.78 is 5.17. The van der Waals surface area contributed by atoms with E-state index in [9.17, 15) is 4.79 Å². The number of hydrogen-bond donors (Lipinski definition) is 0. The normalized spacial score (nSPS) is 10.1. The summed E-state index contributed by atoms with van der Waals surface area (Å²) in [5.74, 6) is 0.478. The minimum absolute atomic E-state index is 0.0702. The quantitative estimate of drug-likeness (QED) is 0.794. The summed E-state index contributed by atoms with van der Waals surface area (Å²) in [7, 11) is 0. The van der Waals surface area contributed by atoms with E-state index in [1.54, 1.807) is 12.1 Å². The Bertz CT molecular complexity index is 420. The molecule has 0 bridgehead atoms. The van der Waals surface area contributed by atoms with Gasteiger partial charge in [0, 0.05) is 0 Å². The summed E-state index contributed by atoms with van der Waals surface area (Å²) in [4.78, 5) is 11.6. The van der Waals surface area contributed by atoms with Gasteiger partial charge in [-0.15, -0.1) is 0 Å². The molecular formula is C12H10O2Se. The summed E-state index contributed by atoms with van der Waals surface area (Å²) in [6.07, 6.45) is 1.53. The molecule has 15 heavy (non-hydrogen) atoms. The zero-order valence-electron chi connectivity index (χ0n) is 8.05. The van der Waals surface area contributed by atoms with Gasteiger partial charge in [0.25, 0.3) is 0 Å². The average molecular weight is 265 g/mol. The molecule has 0 aliphatic heterocycles. The van der Waals surface area contributed by atoms with E-state index in [0.717, 1.165) is 5.32 Å². The second-order valence-electron chi connectivity index (χ2n) is 3.04. The van der Waals surface area contributed by atoms with Crippen molar-refractivity contribution in [3.05, 3.63) is 60.1 Å². The van der Waals surface area contributed by atoms with Gasteiger partial charge in [-0.25, -0.2) is 0 Å². The molecule has 2 aromatic rings. The van der Waals surface area contributed by atoms with Gasteiger partial charge >= 0.3 is 94.2 Å². The number of rotatable bonds is 4. The van der Waals surface area contributed by atoms with Gasteiger partial charge in [-0.3, -0.25) is 0 Å². The second-order valence-corrected chi connectivity index (χ2v) is 5.03. The van der Waals surface area contributed by atoms with E-state index in [2.05, 4.69) is 0 Å². The number of hydrogen-bond acceptors (Lipinski definition) is 2. The van der Waals surface area contributed by atoms with Crippen LogP contribution in [0.3, 0.4) is 0 Å². The number of benzene rings is 1. The topological polar surface area (TPSA) is 30.2 Å². The number of carbonyl (C=O) groups is 1. The molecule has 0 spiro atoms. The Balaban J connectivity index is 1.92. The number of furan rings is 1. The first kappa shape index (κ1) is 10.2. The van der Waals surface area contributed by atoms with Crippen molar-refractivity contribution in [2.45, 2.75) is 5.32 Å². The fourth-order valence-corrected chi connectivity index (χ4v) is 2.76. The Morgan fingerprint density at radius 1 is 1.13 bits per heavy atom. The summed E-state index contributed by atoms with van der Waals surface area (Å²) >= 11 is -0.0702. The maximum atomic E-state index is 11.6. The van der Waals surface area contributed by atoms with E-state index < -0.39 is 0 Å². The fraction of sp³-hybridized carbons (Fsp3) is 0.0833. The van der Waals surface area contributed by atoms with Crippen molar-refractivity contribution in [2.75, 3.05) is 0 Å². The van der Waals surface area contributed by atoms with Crippen LogP contribution in [0.2, 0.25) is 0 Å². The monoisotopic (exact) mass is 266 g/mol. The zero-order valence-corrected chi connectivity index (χ0v) is 9.76. The molecule has 0 saturated carbocycles. The first-order chi connectivity index (χ1) is 7.36. The SMILES string of the molecule is O=C([Se]Cc1ccccc1)c1ccco1. The van der Waals surface area contributed by atoms with E-state index in [4.69, 9.17) is 4.42 Å². The van der Waals surface area contributed by atoms with E-state index in [1.807, 2.05) is 30.3 Å². The Morgan fingerprint density at radius 3 is 2.60 bits per heavy atom. The van der Waals surface area contributed by atoms with Crippen molar-refractivity contribution in [1.82, 2.24) is 0 Å². The molecule has 1 heterocycles. The van der Waals surface area contributed by atoms with Crippen LogP contribution < -0.4 is 0 Å². The molecule has 0 amide bonds. The van der Waals surface area contributed by atoms with Crippen LogP contribution in [-0.4, -0.2) is 19.6 Å². The van der Waals surface area contributed by atoms with Crippen LogP contribution in [-0.2, 0) is 5.32 Å². The molecule has 0 N–H and O–H groups in total. The molecular weight excluding hydrogens is 255 g/mol. The predicted octanol–water partition coefficient (Wildman–Crippen LogP) is 2.32. The van der Waals surface area contributed by atoms with Gasteiger partial charge in [0.15, 0.2) is 0 Å². The van der Waals surface area contributed by atoms with E-state index in [1.165, 1.54) is 11.8 Å². The molecule has 0 atom stereocenters. The first-order valence-electron chi connectivity index (χ1n) is 4.61. The molecule has 76 valence electrons. The fourth-order valence-electron chi connectivity index (χ4n) is 1.19.